The van der Waals surface area contributed by atoms with E-state index in [2.05, 4.69) is 15.5 Å². The highest BCUT2D eigenvalue weighted by Crippen LogP contribution is 2.40. The minimum absolute atomic E-state index is 0.323. The first kappa shape index (κ1) is 22.7. The number of halogens is 1. The number of benzene rings is 2. The maximum absolute atomic E-state index is 11.9. The van der Waals surface area contributed by atoms with E-state index in [1.54, 1.807) is 14.0 Å². The third-order valence-corrected chi connectivity index (χ3v) is 5.26. The molecule has 172 valence electrons. The highest BCUT2D eigenvalue weighted by Gasteiger charge is 2.23. The van der Waals surface area contributed by atoms with Crippen molar-refractivity contribution >= 4 is 28.6 Å². The smallest absolute Gasteiger partial charge is 0.407 e. The van der Waals surface area contributed by atoms with E-state index in [4.69, 9.17) is 25.6 Å². The molecule has 0 aliphatic heterocycles. The molecule has 0 saturated carbocycles. The molecule has 2 aromatic heterocycles. The van der Waals surface area contributed by atoms with Crippen LogP contribution in [0.15, 0.2) is 47.0 Å². The number of alkyl carbamates (subject to hydrolysis) is 1. The molecular weight excluding hydrogens is 444 g/mol. The Kier molecular flexibility index (Phi) is 6.03. The fraction of sp³-hybridized carbons (Fsp3) is 0.292. The van der Waals surface area contributed by atoms with Gasteiger partial charge in [0.15, 0.2) is 5.82 Å². The molecule has 1 amide bonds. The van der Waals surface area contributed by atoms with Crippen LogP contribution in [0.2, 0.25) is 5.02 Å². The summed E-state index contributed by atoms with van der Waals surface area (Å²) in [6.07, 6.45) is -0.460. The molecule has 0 saturated heterocycles. The van der Waals surface area contributed by atoms with Gasteiger partial charge in [0, 0.05) is 17.6 Å². The maximum Gasteiger partial charge on any atom is 0.407 e. The highest BCUT2D eigenvalue weighted by molar-refractivity contribution is 6.38. The summed E-state index contributed by atoms with van der Waals surface area (Å²) in [7, 11) is 1.61. The van der Waals surface area contributed by atoms with Crippen molar-refractivity contribution in [1.82, 2.24) is 20.0 Å². The summed E-state index contributed by atoms with van der Waals surface area (Å²) in [4.78, 5) is 16.3. The molecule has 0 atom stereocenters. The normalized spacial score (nSPS) is 11.6. The van der Waals surface area contributed by atoms with Crippen molar-refractivity contribution in [1.29, 1.82) is 0 Å². The number of carbonyl (C=O) groups excluding carboxylic acids is 1. The van der Waals surface area contributed by atoms with Gasteiger partial charge >= 0.3 is 6.09 Å². The lowest BCUT2D eigenvalue weighted by molar-refractivity contribution is 0.0523. The van der Waals surface area contributed by atoms with Gasteiger partial charge in [-0.1, -0.05) is 28.9 Å². The van der Waals surface area contributed by atoms with E-state index in [9.17, 15) is 4.79 Å². The van der Waals surface area contributed by atoms with Gasteiger partial charge in [-0.25, -0.2) is 4.79 Å². The number of methoxy groups -OCH3 is 1. The summed E-state index contributed by atoms with van der Waals surface area (Å²) < 4.78 is 18.1. The minimum Gasteiger partial charge on any atom is -0.497 e. The molecule has 0 radical (unpaired) electrons. The van der Waals surface area contributed by atoms with Crippen molar-refractivity contribution in [2.24, 2.45) is 0 Å². The van der Waals surface area contributed by atoms with Crippen LogP contribution in [0.3, 0.4) is 0 Å². The van der Waals surface area contributed by atoms with Gasteiger partial charge in [0.05, 0.1) is 17.6 Å². The summed E-state index contributed by atoms with van der Waals surface area (Å²) in [6, 6.07) is 13.4. The Morgan fingerprint density at radius 1 is 1.18 bits per heavy atom. The van der Waals surface area contributed by atoms with Crippen molar-refractivity contribution in [3.8, 4) is 23.0 Å². The van der Waals surface area contributed by atoms with E-state index in [0.29, 0.717) is 34.7 Å². The van der Waals surface area contributed by atoms with Crippen LogP contribution < -0.4 is 10.1 Å². The predicted octanol–water partition coefficient (Wildman–Crippen LogP) is 5.68. The monoisotopic (exact) mass is 468 g/mol. The van der Waals surface area contributed by atoms with Crippen LogP contribution in [0.5, 0.6) is 5.75 Å². The molecule has 4 rings (SSSR count). The zero-order valence-corrected chi connectivity index (χ0v) is 19.9. The SMILES string of the molecule is COc1ccc2c(c1)c(Cl)c(-c1nc(C)no1)n2-c1ccc(CNC(=O)OC(C)(C)C)cc1. The van der Waals surface area contributed by atoms with E-state index in [-0.39, 0.29) is 0 Å². The lowest BCUT2D eigenvalue weighted by Crippen LogP contribution is -2.32. The molecule has 8 nitrogen and oxygen atoms in total. The number of fused-ring (bicyclic) bond motifs is 1. The van der Waals surface area contributed by atoms with Gasteiger partial charge < -0.3 is 23.9 Å². The van der Waals surface area contributed by atoms with E-state index < -0.39 is 11.7 Å². The molecule has 0 unspecified atom stereocenters. The maximum atomic E-state index is 11.9. The molecule has 2 heterocycles. The average Bonchev–Trinajstić information content (AvgIpc) is 3.32. The van der Waals surface area contributed by atoms with Crippen LogP contribution in [0.1, 0.15) is 32.2 Å². The summed E-state index contributed by atoms with van der Waals surface area (Å²) in [5.41, 5.74) is 2.69. The predicted molar refractivity (Wildman–Crippen MR) is 126 cm³/mol. The molecule has 4 aromatic rings. The zero-order chi connectivity index (χ0) is 23.8. The zero-order valence-electron chi connectivity index (χ0n) is 19.1. The lowest BCUT2D eigenvalue weighted by atomic mass is 10.2. The van der Waals surface area contributed by atoms with Crippen LogP contribution >= 0.6 is 11.6 Å². The van der Waals surface area contributed by atoms with Gasteiger partial charge in [0.2, 0.25) is 0 Å². The highest BCUT2D eigenvalue weighted by atomic mass is 35.5. The quantitative estimate of drug-likeness (QED) is 0.405. The van der Waals surface area contributed by atoms with Crippen LogP contribution in [0.4, 0.5) is 4.79 Å². The summed E-state index contributed by atoms with van der Waals surface area (Å²) in [6.45, 7) is 7.57. The molecule has 0 fully saturated rings. The fourth-order valence-corrected chi connectivity index (χ4v) is 3.78. The van der Waals surface area contributed by atoms with E-state index >= 15 is 0 Å². The number of nitrogens with zero attached hydrogens (tertiary/aromatic N) is 3. The molecule has 0 spiro atoms. The molecule has 9 heteroatoms. The van der Waals surface area contributed by atoms with E-state index in [0.717, 1.165) is 22.2 Å². The van der Waals surface area contributed by atoms with Gasteiger partial charge in [-0.3, -0.25) is 0 Å². The minimum atomic E-state index is -0.547. The van der Waals surface area contributed by atoms with Gasteiger partial charge in [-0.05, 0) is 63.6 Å². The van der Waals surface area contributed by atoms with Crippen LogP contribution in [0.25, 0.3) is 28.2 Å². The van der Waals surface area contributed by atoms with Crippen molar-refractivity contribution in [2.45, 2.75) is 39.8 Å². The molecule has 1 N–H and O–H groups in total. The molecule has 2 aromatic carbocycles. The number of amides is 1. The number of nitrogens with one attached hydrogen (secondary N) is 1. The number of hydrogen-bond donors (Lipinski definition) is 1. The fourth-order valence-electron chi connectivity index (χ4n) is 3.46. The van der Waals surface area contributed by atoms with E-state index in [1.807, 2.05) is 67.8 Å². The Hall–Kier alpha value is -3.52. The molecular formula is C24H25ClN4O4. The Labute approximate surface area is 196 Å². The first-order valence-electron chi connectivity index (χ1n) is 10.4. The summed E-state index contributed by atoms with van der Waals surface area (Å²) >= 11 is 6.79. The van der Waals surface area contributed by atoms with Crippen molar-refractivity contribution in [2.75, 3.05) is 7.11 Å². The van der Waals surface area contributed by atoms with Crippen LogP contribution in [-0.2, 0) is 11.3 Å². The largest absolute Gasteiger partial charge is 0.497 e. The Morgan fingerprint density at radius 2 is 1.91 bits per heavy atom. The average molecular weight is 469 g/mol. The Bertz CT molecular complexity index is 1300. The molecule has 33 heavy (non-hydrogen) atoms. The third-order valence-electron chi connectivity index (χ3n) is 4.87. The first-order valence-corrected chi connectivity index (χ1v) is 10.8. The van der Waals surface area contributed by atoms with Gasteiger partial charge in [-0.2, -0.15) is 4.98 Å². The Balaban J connectivity index is 1.71. The van der Waals surface area contributed by atoms with Gasteiger partial charge in [0.25, 0.3) is 5.89 Å². The van der Waals surface area contributed by atoms with Crippen molar-refractivity contribution in [3.05, 3.63) is 58.9 Å². The number of aromatic nitrogens is 3. The standard InChI is InChI=1S/C24H25ClN4O4/c1-14-27-22(33-28-14)21-20(25)18-12-17(31-5)10-11-19(18)29(21)16-8-6-15(7-9-16)13-26-23(30)32-24(2,3)4/h6-12H,13H2,1-5H3,(H,26,30). The van der Waals surface area contributed by atoms with Gasteiger partial charge in [-0.15, -0.1) is 0 Å². The van der Waals surface area contributed by atoms with Crippen molar-refractivity contribution in [3.63, 3.8) is 0 Å². The van der Waals surface area contributed by atoms with Crippen molar-refractivity contribution < 1.29 is 18.8 Å². The van der Waals surface area contributed by atoms with Crippen LogP contribution in [-0.4, -0.2) is 33.5 Å². The lowest BCUT2D eigenvalue weighted by Gasteiger charge is -2.19. The van der Waals surface area contributed by atoms with Gasteiger partial charge in [0.1, 0.15) is 17.0 Å². The number of rotatable bonds is 5. The summed E-state index contributed by atoms with van der Waals surface area (Å²) in [5, 5.41) is 7.98. The summed E-state index contributed by atoms with van der Waals surface area (Å²) in [5.74, 6) is 1.53. The number of ether oxygens (including phenoxy) is 2. The first-order chi connectivity index (χ1) is 15.7. The second kappa shape index (κ2) is 8.78. The van der Waals surface area contributed by atoms with E-state index in [1.165, 1.54) is 0 Å². The number of carbonyl (C=O) groups is 1. The topological polar surface area (TPSA) is 91.4 Å². The van der Waals surface area contributed by atoms with Crippen LogP contribution in [0, 0.1) is 6.92 Å². The molecule has 0 aliphatic rings. The molecule has 0 aliphatic carbocycles. The third kappa shape index (κ3) is 4.80. The number of hydrogen-bond acceptors (Lipinski definition) is 6. The Morgan fingerprint density at radius 3 is 2.52 bits per heavy atom. The second-order valence-corrected chi connectivity index (χ2v) is 8.93. The molecule has 0 bridgehead atoms. The second-order valence-electron chi connectivity index (χ2n) is 8.55. The number of aryl methyl sites for hydroxylation is 1.